The van der Waals surface area contributed by atoms with Crippen LogP contribution >= 0.6 is 27.3 Å². The molecule has 0 amide bonds. The van der Waals surface area contributed by atoms with Crippen LogP contribution in [0.1, 0.15) is 0 Å². The van der Waals surface area contributed by atoms with Gasteiger partial charge >= 0.3 is 0 Å². The number of nitrogens with one attached hydrogen (secondary N) is 1. The molecule has 0 radical (unpaired) electrons. The number of thiophene rings is 1. The Bertz CT molecular complexity index is 658. The molecule has 0 aromatic carbocycles. The van der Waals surface area contributed by atoms with Gasteiger partial charge in [0.25, 0.3) is 0 Å². The smallest absolute Gasteiger partial charge is 0.178 e. The first-order valence-corrected chi connectivity index (χ1v) is 6.26. The SMILES string of the molecule is Nc1sccc1-c1nc2ncc(Br)cc2[nH]1. The molecule has 0 spiro atoms. The summed E-state index contributed by atoms with van der Waals surface area (Å²) in [5.41, 5.74) is 8.38. The molecule has 3 aromatic heterocycles. The maximum absolute atomic E-state index is 5.85. The van der Waals surface area contributed by atoms with Crippen molar-refractivity contribution in [1.82, 2.24) is 15.0 Å². The second-order valence-corrected chi connectivity index (χ2v) is 5.17. The van der Waals surface area contributed by atoms with Crippen LogP contribution in [0.5, 0.6) is 0 Å². The summed E-state index contributed by atoms with van der Waals surface area (Å²) in [6, 6.07) is 3.90. The van der Waals surface area contributed by atoms with Crippen LogP contribution in [0.3, 0.4) is 0 Å². The average molecular weight is 295 g/mol. The Morgan fingerprint density at radius 3 is 3.06 bits per heavy atom. The van der Waals surface area contributed by atoms with Crippen LogP contribution in [0.25, 0.3) is 22.6 Å². The van der Waals surface area contributed by atoms with Gasteiger partial charge in [0.1, 0.15) is 5.82 Å². The molecule has 0 aliphatic heterocycles. The summed E-state index contributed by atoms with van der Waals surface area (Å²) in [7, 11) is 0. The van der Waals surface area contributed by atoms with Crippen molar-refractivity contribution in [2.75, 3.05) is 5.73 Å². The lowest BCUT2D eigenvalue weighted by atomic mass is 10.3. The van der Waals surface area contributed by atoms with E-state index < -0.39 is 0 Å². The van der Waals surface area contributed by atoms with Crippen molar-refractivity contribution in [3.63, 3.8) is 0 Å². The molecule has 0 atom stereocenters. The number of fused-ring (bicyclic) bond motifs is 1. The van der Waals surface area contributed by atoms with Crippen LogP contribution in [0.4, 0.5) is 5.00 Å². The molecule has 4 nitrogen and oxygen atoms in total. The number of nitrogens with zero attached hydrogens (tertiary/aromatic N) is 2. The molecule has 80 valence electrons. The molecule has 0 saturated carbocycles. The van der Waals surface area contributed by atoms with Gasteiger partial charge in [0.2, 0.25) is 0 Å². The fourth-order valence-electron chi connectivity index (χ4n) is 1.52. The number of imidazole rings is 1. The van der Waals surface area contributed by atoms with Crippen molar-refractivity contribution in [3.8, 4) is 11.4 Å². The third-order valence-electron chi connectivity index (χ3n) is 2.25. The Kier molecular flexibility index (Phi) is 2.19. The molecule has 0 fully saturated rings. The summed E-state index contributed by atoms with van der Waals surface area (Å²) < 4.78 is 0.925. The first-order chi connectivity index (χ1) is 7.74. The third-order valence-corrected chi connectivity index (χ3v) is 3.43. The maximum atomic E-state index is 5.85. The van der Waals surface area contributed by atoms with Gasteiger partial charge in [-0.1, -0.05) is 0 Å². The predicted octanol–water partition coefficient (Wildman–Crippen LogP) is 3.03. The number of anilines is 1. The van der Waals surface area contributed by atoms with Crippen molar-refractivity contribution in [3.05, 3.63) is 28.2 Å². The van der Waals surface area contributed by atoms with Gasteiger partial charge in [0, 0.05) is 10.7 Å². The highest BCUT2D eigenvalue weighted by atomic mass is 79.9. The summed E-state index contributed by atoms with van der Waals surface area (Å²) in [6.45, 7) is 0. The van der Waals surface area contributed by atoms with Crippen LogP contribution in [-0.4, -0.2) is 15.0 Å². The summed E-state index contributed by atoms with van der Waals surface area (Å²) in [6.07, 6.45) is 1.73. The second kappa shape index (κ2) is 3.57. The van der Waals surface area contributed by atoms with E-state index in [-0.39, 0.29) is 0 Å². The predicted molar refractivity (Wildman–Crippen MR) is 69.3 cm³/mol. The van der Waals surface area contributed by atoms with E-state index in [0.717, 1.165) is 26.4 Å². The quantitative estimate of drug-likeness (QED) is 0.725. The largest absolute Gasteiger partial charge is 0.390 e. The zero-order chi connectivity index (χ0) is 11.1. The average Bonchev–Trinajstić information content (AvgIpc) is 2.82. The minimum atomic E-state index is 0.698. The number of hydrogen-bond acceptors (Lipinski definition) is 4. The lowest BCUT2D eigenvalue weighted by Gasteiger charge is -1.91. The lowest BCUT2D eigenvalue weighted by Crippen LogP contribution is -1.84. The highest BCUT2D eigenvalue weighted by Gasteiger charge is 2.09. The van der Waals surface area contributed by atoms with Gasteiger partial charge in [-0.15, -0.1) is 11.3 Å². The van der Waals surface area contributed by atoms with Crippen molar-refractivity contribution >= 4 is 43.4 Å². The van der Waals surface area contributed by atoms with Crippen LogP contribution in [0.2, 0.25) is 0 Å². The summed E-state index contributed by atoms with van der Waals surface area (Å²) in [5.74, 6) is 0.763. The highest BCUT2D eigenvalue weighted by molar-refractivity contribution is 9.10. The van der Waals surface area contributed by atoms with E-state index >= 15 is 0 Å². The van der Waals surface area contributed by atoms with Gasteiger partial charge in [0.05, 0.1) is 16.1 Å². The monoisotopic (exact) mass is 294 g/mol. The van der Waals surface area contributed by atoms with Crippen molar-refractivity contribution in [2.45, 2.75) is 0 Å². The first-order valence-electron chi connectivity index (χ1n) is 4.58. The van der Waals surface area contributed by atoms with Crippen LogP contribution in [0, 0.1) is 0 Å². The van der Waals surface area contributed by atoms with Crippen molar-refractivity contribution < 1.29 is 0 Å². The van der Waals surface area contributed by atoms with Gasteiger partial charge in [0.15, 0.2) is 5.65 Å². The van der Waals surface area contributed by atoms with Crippen molar-refractivity contribution in [1.29, 1.82) is 0 Å². The molecule has 0 unspecified atom stereocenters. The molecule has 3 heterocycles. The number of nitrogen functional groups attached to an aromatic ring is 1. The Balaban J connectivity index is 2.23. The normalized spacial score (nSPS) is 11.1. The molecular formula is C10H7BrN4S. The molecule has 3 rings (SSSR count). The first kappa shape index (κ1) is 9.80. The van der Waals surface area contributed by atoms with E-state index in [2.05, 4.69) is 30.9 Å². The number of halogens is 1. The molecular weight excluding hydrogens is 288 g/mol. The van der Waals surface area contributed by atoms with E-state index in [1.165, 1.54) is 11.3 Å². The van der Waals surface area contributed by atoms with Crippen LogP contribution in [0.15, 0.2) is 28.2 Å². The molecule has 6 heteroatoms. The number of aromatic amines is 1. The Labute approximate surface area is 104 Å². The Morgan fingerprint density at radius 2 is 2.31 bits per heavy atom. The molecule has 0 aliphatic rings. The van der Waals surface area contributed by atoms with Gasteiger partial charge < -0.3 is 10.7 Å². The summed E-state index contributed by atoms with van der Waals surface area (Å²) in [4.78, 5) is 11.8. The molecule has 0 aliphatic carbocycles. The van der Waals surface area contributed by atoms with E-state index in [4.69, 9.17) is 5.73 Å². The zero-order valence-corrected chi connectivity index (χ0v) is 10.5. The fourth-order valence-corrected chi connectivity index (χ4v) is 2.49. The molecule has 0 bridgehead atoms. The second-order valence-electron chi connectivity index (χ2n) is 3.31. The standard InChI is InChI=1S/C10H7BrN4S/c11-5-3-7-10(13-4-5)15-9(14-7)6-1-2-16-8(6)12/h1-4H,12H2,(H,13,14,15). The fraction of sp³-hybridized carbons (Fsp3) is 0. The topological polar surface area (TPSA) is 67.6 Å². The molecule has 3 N–H and O–H groups in total. The highest BCUT2D eigenvalue weighted by Crippen LogP contribution is 2.29. The number of H-pyrrole nitrogens is 1. The van der Waals surface area contributed by atoms with Crippen molar-refractivity contribution in [2.24, 2.45) is 0 Å². The van der Waals surface area contributed by atoms with E-state index in [1.807, 2.05) is 17.5 Å². The lowest BCUT2D eigenvalue weighted by molar-refractivity contribution is 1.30. The number of hydrogen-bond donors (Lipinski definition) is 2. The van der Waals surface area contributed by atoms with Gasteiger partial charge in [-0.2, -0.15) is 0 Å². The summed E-state index contributed by atoms with van der Waals surface area (Å²) in [5, 5.41) is 2.71. The molecule has 0 saturated heterocycles. The number of nitrogens with two attached hydrogens (primary N) is 1. The van der Waals surface area contributed by atoms with Gasteiger partial charge in [-0.05, 0) is 33.4 Å². The van der Waals surface area contributed by atoms with Gasteiger partial charge in [-0.3, -0.25) is 0 Å². The summed E-state index contributed by atoms with van der Waals surface area (Å²) >= 11 is 4.87. The maximum Gasteiger partial charge on any atom is 0.178 e. The minimum Gasteiger partial charge on any atom is -0.390 e. The molecule has 16 heavy (non-hydrogen) atoms. The number of rotatable bonds is 1. The third kappa shape index (κ3) is 1.50. The Hall–Kier alpha value is -1.40. The van der Waals surface area contributed by atoms with E-state index in [0.29, 0.717) is 5.65 Å². The number of aromatic nitrogens is 3. The van der Waals surface area contributed by atoms with E-state index in [9.17, 15) is 0 Å². The van der Waals surface area contributed by atoms with E-state index in [1.54, 1.807) is 6.20 Å². The molecule has 3 aromatic rings. The minimum absolute atomic E-state index is 0.698. The van der Waals surface area contributed by atoms with Crippen LogP contribution in [-0.2, 0) is 0 Å². The zero-order valence-electron chi connectivity index (χ0n) is 8.07. The van der Waals surface area contributed by atoms with Crippen LogP contribution < -0.4 is 5.73 Å². The Morgan fingerprint density at radius 1 is 1.44 bits per heavy atom. The number of pyridine rings is 1. The van der Waals surface area contributed by atoms with Gasteiger partial charge in [-0.25, -0.2) is 9.97 Å².